The van der Waals surface area contributed by atoms with Crippen molar-refractivity contribution < 1.29 is 4.79 Å². The summed E-state index contributed by atoms with van der Waals surface area (Å²) in [7, 11) is 2.19. The Labute approximate surface area is 131 Å². The maximum Gasteiger partial charge on any atom is 0.246 e. The third kappa shape index (κ3) is 7.12. The van der Waals surface area contributed by atoms with E-state index in [9.17, 15) is 4.79 Å². The second kappa shape index (κ2) is 10.8. The fourth-order valence-electron chi connectivity index (χ4n) is 3.12. The van der Waals surface area contributed by atoms with Gasteiger partial charge in [0.05, 0.1) is 0 Å². The molecule has 1 fully saturated rings. The van der Waals surface area contributed by atoms with Crippen LogP contribution in [0.15, 0.2) is 11.6 Å². The predicted octanol–water partition coefficient (Wildman–Crippen LogP) is 3.89. The first-order valence-corrected chi connectivity index (χ1v) is 8.82. The molecule has 0 aliphatic carbocycles. The average molecular weight is 294 g/mol. The largest absolute Gasteiger partial charge is 0.352 e. The predicted molar refractivity (Wildman–Crippen MR) is 90.4 cm³/mol. The molecule has 0 radical (unpaired) electrons. The summed E-state index contributed by atoms with van der Waals surface area (Å²) in [6.07, 6.45) is 12.8. The topological polar surface area (TPSA) is 32.3 Å². The molecule has 1 N–H and O–H groups in total. The number of carbonyl (C=O) groups excluding carboxylic acids is 1. The first-order chi connectivity index (χ1) is 10.2. The molecule has 21 heavy (non-hydrogen) atoms. The Morgan fingerprint density at radius 3 is 2.67 bits per heavy atom. The Hall–Kier alpha value is -0.830. The molecule has 0 spiro atoms. The maximum absolute atomic E-state index is 12.2. The number of nitrogens with zero attached hydrogens (tertiary/aromatic N) is 1. The highest BCUT2D eigenvalue weighted by atomic mass is 16.1. The van der Waals surface area contributed by atoms with E-state index in [0.717, 1.165) is 31.4 Å². The second-order valence-corrected chi connectivity index (χ2v) is 6.30. The van der Waals surface area contributed by atoms with Crippen molar-refractivity contribution in [2.45, 2.75) is 77.7 Å². The highest BCUT2D eigenvalue weighted by Gasteiger charge is 2.20. The molecular formula is C18H34N2O. The lowest BCUT2D eigenvalue weighted by Crippen LogP contribution is -2.32. The number of allylic oxidation sites excluding steroid dienone is 1. The first kappa shape index (κ1) is 18.2. The van der Waals surface area contributed by atoms with Gasteiger partial charge >= 0.3 is 0 Å². The molecule has 0 saturated carbocycles. The SMILES string of the molecule is CC=C(CCCCCCC)C(=O)NCCC1CCCN1C. The standard InChI is InChI=1S/C18H34N2O/c1-4-6-7-8-9-11-16(5-2)18(21)19-14-13-17-12-10-15-20(17)3/h5,17H,4,6-15H2,1-3H3,(H,19,21). The van der Waals surface area contributed by atoms with E-state index in [1.165, 1.54) is 45.1 Å². The van der Waals surface area contributed by atoms with Crippen LogP contribution in [0.5, 0.6) is 0 Å². The van der Waals surface area contributed by atoms with E-state index in [0.29, 0.717) is 6.04 Å². The van der Waals surface area contributed by atoms with Crippen LogP contribution in [0.25, 0.3) is 0 Å². The van der Waals surface area contributed by atoms with Gasteiger partial charge in [-0.3, -0.25) is 4.79 Å². The van der Waals surface area contributed by atoms with Gasteiger partial charge in [-0.05, 0) is 52.6 Å². The van der Waals surface area contributed by atoms with E-state index in [1.54, 1.807) is 0 Å². The lowest BCUT2D eigenvalue weighted by Gasteiger charge is -2.19. The van der Waals surface area contributed by atoms with Crippen LogP contribution in [0, 0.1) is 0 Å². The number of nitrogens with one attached hydrogen (secondary N) is 1. The lowest BCUT2D eigenvalue weighted by atomic mass is 10.0. The zero-order valence-electron chi connectivity index (χ0n) is 14.3. The molecule has 1 aliphatic heterocycles. The second-order valence-electron chi connectivity index (χ2n) is 6.30. The zero-order chi connectivity index (χ0) is 15.5. The zero-order valence-corrected chi connectivity index (χ0v) is 14.3. The van der Waals surface area contributed by atoms with Gasteiger partial charge in [0.25, 0.3) is 0 Å². The highest BCUT2D eigenvalue weighted by Crippen LogP contribution is 2.17. The van der Waals surface area contributed by atoms with E-state index < -0.39 is 0 Å². The molecule has 0 aromatic heterocycles. The molecule has 1 atom stereocenters. The summed E-state index contributed by atoms with van der Waals surface area (Å²) in [5, 5.41) is 3.10. The van der Waals surface area contributed by atoms with Crippen molar-refractivity contribution in [1.82, 2.24) is 10.2 Å². The summed E-state index contributed by atoms with van der Waals surface area (Å²) in [6, 6.07) is 0.661. The van der Waals surface area contributed by atoms with Gasteiger partial charge in [0.15, 0.2) is 0 Å². The Kier molecular flexibility index (Phi) is 9.40. The summed E-state index contributed by atoms with van der Waals surface area (Å²) in [5.74, 6) is 0.147. The average Bonchev–Trinajstić information content (AvgIpc) is 2.88. The van der Waals surface area contributed by atoms with E-state index >= 15 is 0 Å². The fraction of sp³-hybridized carbons (Fsp3) is 0.833. The number of amides is 1. The molecule has 1 amide bonds. The van der Waals surface area contributed by atoms with Crippen molar-refractivity contribution >= 4 is 5.91 Å². The minimum absolute atomic E-state index is 0.147. The molecule has 122 valence electrons. The van der Waals surface area contributed by atoms with Crippen LogP contribution in [0.3, 0.4) is 0 Å². The molecule has 1 saturated heterocycles. The Morgan fingerprint density at radius 1 is 1.29 bits per heavy atom. The summed E-state index contributed by atoms with van der Waals surface area (Å²) in [4.78, 5) is 14.6. The summed E-state index contributed by atoms with van der Waals surface area (Å²) < 4.78 is 0. The van der Waals surface area contributed by atoms with Crippen molar-refractivity contribution in [3.8, 4) is 0 Å². The van der Waals surface area contributed by atoms with Gasteiger partial charge < -0.3 is 10.2 Å². The van der Waals surface area contributed by atoms with Crippen LogP contribution >= 0.6 is 0 Å². The van der Waals surface area contributed by atoms with Crippen molar-refractivity contribution in [1.29, 1.82) is 0 Å². The molecule has 1 heterocycles. The Bertz CT molecular complexity index is 325. The van der Waals surface area contributed by atoms with Gasteiger partial charge in [-0.2, -0.15) is 0 Å². The number of unbranched alkanes of at least 4 members (excludes halogenated alkanes) is 4. The summed E-state index contributed by atoms with van der Waals surface area (Å²) in [5.41, 5.74) is 0.964. The van der Waals surface area contributed by atoms with Gasteiger partial charge in [-0.25, -0.2) is 0 Å². The summed E-state index contributed by atoms with van der Waals surface area (Å²) >= 11 is 0. The first-order valence-electron chi connectivity index (χ1n) is 8.82. The number of hydrogen-bond donors (Lipinski definition) is 1. The van der Waals surface area contributed by atoms with E-state index in [-0.39, 0.29) is 5.91 Å². The van der Waals surface area contributed by atoms with Crippen LogP contribution in [0.1, 0.15) is 71.6 Å². The Morgan fingerprint density at radius 2 is 2.05 bits per heavy atom. The smallest absolute Gasteiger partial charge is 0.246 e. The molecular weight excluding hydrogens is 260 g/mol. The lowest BCUT2D eigenvalue weighted by molar-refractivity contribution is -0.117. The molecule has 0 bridgehead atoms. The third-order valence-corrected chi connectivity index (χ3v) is 4.62. The van der Waals surface area contributed by atoms with Gasteiger partial charge in [0.2, 0.25) is 5.91 Å². The van der Waals surface area contributed by atoms with Crippen LogP contribution < -0.4 is 5.32 Å². The van der Waals surface area contributed by atoms with E-state index in [4.69, 9.17) is 0 Å². The van der Waals surface area contributed by atoms with Crippen molar-refractivity contribution in [2.24, 2.45) is 0 Å². The molecule has 3 heteroatoms. The maximum atomic E-state index is 12.2. The molecule has 1 aliphatic rings. The Balaban J connectivity index is 2.16. The van der Waals surface area contributed by atoms with Crippen LogP contribution in [-0.4, -0.2) is 37.0 Å². The fourth-order valence-corrected chi connectivity index (χ4v) is 3.12. The summed E-state index contributed by atoms with van der Waals surface area (Å²) in [6.45, 7) is 6.22. The van der Waals surface area contributed by atoms with Crippen LogP contribution in [0.4, 0.5) is 0 Å². The van der Waals surface area contributed by atoms with Crippen LogP contribution in [-0.2, 0) is 4.79 Å². The van der Waals surface area contributed by atoms with Gasteiger partial charge in [-0.15, -0.1) is 0 Å². The van der Waals surface area contributed by atoms with Crippen molar-refractivity contribution in [3.63, 3.8) is 0 Å². The molecule has 3 nitrogen and oxygen atoms in total. The minimum atomic E-state index is 0.147. The number of rotatable bonds is 10. The molecule has 1 unspecified atom stereocenters. The number of carbonyl (C=O) groups is 1. The van der Waals surface area contributed by atoms with Crippen LogP contribution in [0.2, 0.25) is 0 Å². The minimum Gasteiger partial charge on any atom is -0.352 e. The molecule has 1 rings (SSSR count). The normalized spacial score (nSPS) is 20.0. The number of hydrogen-bond acceptors (Lipinski definition) is 2. The van der Waals surface area contributed by atoms with E-state index in [1.807, 2.05) is 13.0 Å². The number of likely N-dealkylation sites (tertiary alicyclic amines) is 1. The molecule has 0 aromatic rings. The van der Waals surface area contributed by atoms with Gasteiger partial charge in [0, 0.05) is 18.2 Å². The van der Waals surface area contributed by atoms with Crippen molar-refractivity contribution in [2.75, 3.05) is 20.1 Å². The highest BCUT2D eigenvalue weighted by molar-refractivity contribution is 5.93. The molecule has 0 aromatic carbocycles. The third-order valence-electron chi connectivity index (χ3n) is 4.62. The monoisotopic (exact) mass is 294 g/mol. The van der Waals surface area contributed by atoms with Crippen molar-refractivity contribution in [3.05, 3.63) is 11.6 Å². The van der Waals surface area contributed by atoms with Gasteiger partial charge in [-0.1, -0.05) is 38.7 Å². The van der Waals surface area contributed by atoms with Gasteiger partial charge in [0.1, 0.15) is 0 Å². The quantitative estimate of drug-likeness (QED) is 0.489. The van der Waals surface area contributed by atoms with E-state index in [2.05, 4.69) is 24.2 Å².